The maximum atomic E-state index is 5.43. The van der Waals surface area contributed by atoms with Gasteiger partial charge in [0, 0.05) is 56.6 Å². The summed E-state index contributed by atoms with van der Waals surface area (Å²) in [4.78, 5) is 14.1. The zero-order valence-corrected chi connectivity index (χ0v) is 20.4. The fourth-order valence-corrected chi connectivity index (χ4v) is 3.39. The van der Waals surface area contributed by atoms with Crippen molar-refractivity contribution in [2.75, 3.05) is 51.8 Å². The number of hydrogen-bond donors (Lipinski definition) is 2. The number of halogens is 1. The Morgan fingerprint density at radius 3 is 2.53 bits per heavy atom. The van der Waals surface area contributed by atoms with Crippen LogP contribution in [0.5, 0.6) is 5.75 Å². The van der Waals surface area contributed by atoms with E-state index in [0.717, 1.165) is 55.8 Å². The minimum absolute atomic E-state index is 0. The molecular formula is C22H33IN6O. The standard InChI is InChI=1S/C22H32N6O.HI/c1-4-23-22(25-16-18-8-5-6-10-20(18)29-3)26-17-19-9-7-11-24-21(19)28-14-12-27(2)13-15-28;/h5-11H,4,12-17H2,1-3H3,(H2,23,25,26);1H. The first kappa shape index (κ1) is 24.2. The molecule has 164 valence electrons. The van der Waals surface area contributed by atoms with E-state index in [4.69, 9.17) is 9.73 Å². The van der Waals surface area contributed by atoms with Crippen molar-refractivity contribution in [2.24, 2.45) is 4.99 Å². The van der Waals surface area contributed by atoms with Crippen LogP contribution in [0.15, 0.2) is 47.6 Å². The number of nitrogens with one attached hydrogen (secondary N) is 2. The molecule has 0 radical (unpaired) electrons. The molecule has 0 atom stereocenters. The molecule has 2 aromatic rings. The number of para-hydroxylation sites is 1. The number of anilines is 1. The maximum absolute atomic E-state index is 5.43. The SMILES string of the molecule is CCNC(=NCc1ccccc1OC)NCc1cccnc1N1CCN(C)CC1.I. The van der Waals surface area contributed by atoms with Gasteiger partial charge in [-0.05, 0) is 26.1 Å². The minimum Gasteiger partial charge on any atom is -0.496 e. The molecule has 7 nitrogen and oxygen atoms in total. The Labute approximate surface area is 196 Å². The highest BCUT2D eigenvalue weighted by atomic mass is 127. The van der Waals surface area contributed by atoms with Crippen LogP contribution in [-0.4, -0.2) is 62.7 Å². The molecule has 0 amide bonds. The van der Waals surface area contributed by atoms with Gasteiger partial charge in [0.15, 0.2) is 5.96 Å². The fourth-order valence-electron chi connectivity index (χ4n) is 3.39. The van der Waals surface area contributed by atoms with Crippen molar-refractivity contribution in [1.82, 2.24) is 20.5 Å². The van der Waals surface area contributed by atoms with Gasteiger partial charge in [0.05, 0.1) is 13.7 Å². The van der Waals surface area contributed by atoms with Gasteiger partial charge in [-0.25, -0.2) is 9.98 Å². The summed E-state index contributed by atoms with van der Waals surface area (Å²) >= 11 is 0. The maximum Gasteiger partial charge on any atom is 0.191 e. The normalized spacial score (nSPS) is 14.8. The number of benzene rings is 1. The van der Waals surface area contributed by atoms with Crippen molar-refractivity contribution in [3.05, 3.63) is 53.7 Å². The number of ether oxygens (including phenoxy) is 1. The van der Waals surface area contributed by atoms with Crippen molar-refractivity contribution in [3.63, 3.8) is 0 Å². The van der Waals surface area contributed by atoms with Crippen LogP contribution >= 0.6 is 24.0 Å². The van der Waals surface area contributed by atoms with E-state index in [-0.39, 0.29) is 24.0 Å². The number of likely N-dealkylation sites (N-methyl/N-ethyl adjacent to an activating group) is 1. The van der Waals surface area contributed by atoms with Crippen LogP contribution in [0.25, 0.3) is 0 Å². The summed E-state index contributed by atoms with van der Waals surface area (Å²) in [5, 5.41) is 6.78. The largest absolute Gasteiger partial charge is 0.496 e. The number of aliphatic imine (C=N–C) groups is 1. The summed E-state index contributed by atoms with van der Waals surface area (Å²) in [6, 6.07) is 12.1. The van der Waals surface area contributed by atoms with E-state index in [1.165, 1.54) is 5.56 Å². The molecule has 0 spiro atoms. The van der Waals surface area contributed by atoms with Crippen molar-refractivity contribution < 1.29 is 4.74 Å². The number of rotatable bonds is 7. The van der Waals surface area contributed by atoms with E-state index in [1.807, 2.05) is 36.5 Å². The lowest BCUT2D eigenvalue weighted by atomic mass is 10.2. The average molecular weight is 524 g/mol. The van der Waals surface area contributed by atoms with E-state index in [2.05, 4.69) is 45.5 Å². The van der Waals surface area contributed by atoms with Crippen LogP contribution < -0.4 is 20.3 Å². The fraction of sp³-hybridized carbons (Fsp3) is 0.455. The summed E-state index contributed by atoms with van der Waals surface area (Å²) in [5.41, 5.74) is 2.24. The summed E-state index contributed by atoms with van der Waals surface area (Å²) in [5.74, 6) is 2.71. The number of nitrogens with zero attached hydrogens (tertiary/aromatic N) is 4. The first-order valence-electron chi connectivity index (χ1n) is 10.2. The molecule has 0 aliphatic carbocycles. The second kappa shape index (κ2) is 12.6. The first-order chi connectivity index (χ1) is 14.2. The number of aromatic nitrogens is 1. The Kier molecular flexibility index (Phi) is 10.2. The lowest BCUT2D eigenvalue weighted by Crippen LogP contribution is -2.45. The van der Waals surface area contributed by atoms with Crippen molar-refractivity contribution in [1.29, 1.82) is 0 Å². The monoisotopic (exact) mass is 524 g/mol. The summed E-state index contributed by atoms with van der Waals surface area (Å²) in [6.45, 7) is 8.23. The zero-order valence-electron chi connectivity index (χ0n) is 18.1. The highest BCUT2D eigenvalue weighted by Gasteiger charge is 2.18. The van der Waals surface area contributed by atoms with Gasteiger partial charge in [-0.1, -0.05) is 24.3 Å². The van der Waals surface area contributed by atoms with Gasteiger partial charge in [0.1, 0.15) is 11.6 Å². The predicted molar refractivity (Wildman–Crippen MR) is 134 cm³/mol. The molecular weight excluding hydrogens is 491 g/mol. The highest BCUT2D eigenvalue weighted by molar-refractivity contribution is 14.0. The van der Waals surface area contributed by atoms with Crippen LogP contribution in [0.4, 0.5) is 5.82 Å². The molecule has 1 aromatic carbocycles. The molecule has 0 unspecified atom stereocenters. The van der Waals surface area contributed by atoms with Crippen molar-refractivity contribution in [2.45, 2.75) is 20.0 Å². The zero-order chi connectivity index (χ0) is 20.5. The molecule has 0 bridgehead atoms. The number of piperazine rings is 1. The topological polar surface area (TPSA) is 65.0 Å². The van der Waals surface area contributed by atoms with Gasteiger partial charge in [-0.15, -0.1) is 24.0 Å². The third-order valence-electron chi connectivity index (χ3n) is 5.06. The summed E-state index contributed by atoms with van der Waals surface area (Å²) in [6.07, 6.45) is 1.87. The van der Waals surface area contributed by atoms with Gasteiger partial charge in [-0.2, -0.15) is 0 Å². The smallest absolute Gasteiger partial charge is 0.191 e. The summed E-state index contributed by atoms with van der Waals surface area (Å²) in [7, 11) is 3.85. The lowest BCUT2D eigenvalue weighted by Gasteiger charge is -2.34. The lowest BCUT2D eigenvalue weighted by molar-refractivity contribution is 0.312. The van der Waals surface area contributed by atoms with Gasteiger partial charge < -0.3 is 25.2 Å². The molecule has 1 aliphatic heterocycles. The van der Waals surface area contributed by atoms with Crippen LogP contribution in [0.2, 0.25) is 0 Å². The average Bonchev–Trinajstić information content (AvgIpc) is 2.76. The Bertz CT molecular complexity index is 808. The molecule has 1 saturated heterocycles. The van der Waals surface area contributed by atoms with Gasteiger partial charge >= 0.3 is 0 Å². The minimum atomic E-state index is 0. The molecule has 2 heterocycles. The molecule has 1 fully saturated rings. The van der Waals surface area contributed by atoms with Crippen LogP contribution in [0, 0.1) is 0 Å². The van der Waals surface area contributed by atoms with E-state index < -0.39 is 0 Å². The number of guanidine groups is 1. The highest BCUT2D eigenvalue weighted by Crippen LogP contribution is 2.19. The first-order valence-corrected chi connectivity index (χ1v) is 10.2. The Balaban J connectivity index is 0.00000320. The number of pyridine rings is 1. The van der Waals surface area contributed by atoms with Gasteiger partial charge in [0.25, 0.3) is 0 Å². The number of methoxy groups -OCH3 is 1. The summed E-state index contributed by atoms with van der Waals surface area (Å²) < 4.78 is 5.43. The van der Waals surface area contributed by atoms with E-state index >= 15 is 0 Å². The molecule has 1 aromatic heterocycles. The van der Waals surface area contributed by atoms with Gasteiger partial charge in [-0.3, -0.25) is 0 Å². The Morgan fingerprint density at radius 1 is 1.07 bits per heavy atom. The molecule has 2 N–H and O–H groups in total. The Hall–Kier alpha value is -2.07. The molecule has 3 rings (SSSR count). The van der Waals surface area contributed by atoms with Crippen LogP contribution in [-0.2, 0) is 13.1 Å². The quantitative estimate of drug-likeness (QED) is 0.330. The molecule has 1 aliphatic rings. The van der Waals surface area contributed by atoms with Crippen LogP contribution in [0.3, 0.4) is 0 Å². The third kappa shape index (κ3) is 6.73. The van der Waals surface area contributed by atoms with Crippen molar-refractivity contribution >= 4 is 35.8 Å². The van der Waals surface area contributed by atoms with Gasteiger partial charge in [0.2, 0.25) is 0 Å². The third-order valence-corrected chi connectivity index (χ3v) is 5.06. The molecule has 30 heavy (non-hydrogen) atoms. The predicted octanol–water partition coefficient (Wildman–Crippen LogP) is 2.72. The second-order valence-electron chi connectivity index (χ2n) is 7.14. The second-order valence-corrected chi connectivity index (χ2v) is 7.14. The number of hydrogen-bond acceptors (Lipinski definition) is 5. The Morgan fingerprint density at radius 2 is 1.80 bits per heavy atom. The molecule has 8 heteroatoms. The van der Waals surface area contributed by atoms with Crippen LogP contribution in [0.1, 0.15) is 18.1 Å². The van der Waals surface area contributed by atoms with Crippen molar-refractivity contribution in [3.8, 4) is 5.75 Å². The molecule has 0 saturated carbocycles. The van der Waals surface area contributed by atoms with E-state index in [1.54, 1.807) is 7.11 Å². The van der Waals surface area contributed by atoms with E-state index in [0.29, 0.717) is 13.1 Å². The van der Waals surface area contributed by atoms with E-state index in [9.17, 15) is 0 Å².